The van der Waals surface area contributed by atoms with E-state index in [-0.39, 0.29) is 25.0 Å². The number of rotatable bonds is 6. The number of carbonyl (C=O) groups is 2. The molecule has 7 heteroatoms. The van der Waals surface area contributed by atoms with Crippen molar-refractivity contribution in [3.63, 3.8) is 0 Å². The molecule has 0 aliphatic rings. The Labute approximate surface area is 134 Å². The molecule has 1 heterocycles. The molecule has 0 bridgehead atoms. The molecule has 2 amide bonds. The van der Waals surface area contributed by atoms with Crippen molar-refractivity contribution in [1.29, 1.82) is 0 Å². The molecule has 0 saturated heterocycles. The number of carbonyl (C=O) groups excluding carboxylic acids is 2. The molecule has 1 aromatic carbocycles. The summed E-state index contributed by atoms with van der Waals surface area (Å²) in [5.74, 6) is 0.199. The van der Waals surface area contributed by atoms with Crippen LogP contribution in [-0.2, 0) is 16.1 Å². The van der Waals surface area contributed by atoms with Crippen LogP contribution in [0.15, 0.2) is 30.6 Å². The summed E-state index contributed by atoms with van der Waals surface area (Å²) in [5.41, 5.74) is 2.80. The molecule has 0 atom stereocenters. The van der Waals surface area contributed by atoms with Crippen molar-refractivity contribution in [3.05, 3.63) is 41.7 Å². The van der Waals surface area contributed by atoms with Crippen LogP contribution in [-0.4, -0.2) is 35.2 Å². The number of hydrogen-bond acceptors (Lipinski definition) is 4. The summed E-state index contributed by atoms with van der Waals surface area (Å²) in [7, 11) is 1.55. The zero-order valence-electron chi connectivity index (χ0n) is 13.4. The third kappa shape index (κ3) is 4.84. The van der Waals surface area contributed by atoms with Crippen LogP contribution in [0.4, 0.5) is 5.69 Å². The normalized spacial score (nSPS) is 10.2. The summed E-state index contributed by atoms with van der Waals surface area (Å²) in [6, 6.07) is 5.67. The fourth-order valence-corrected chi connectivity index (χ4v) is 1.89. The summed E-state index contributed by atoms with van der Waals surface area (Å²) in [6.07, 6.45) is 3.07. The van der Waals surface area contributed by atoms with E-state index in [4.69, 9.17) is 4.74 Å². The van der Waals surface area contributed by atoms with E-state index in [1.807, 2.05) is 32.0 Å². The van der Waals surface area contributed by atoms with Gasteiger partial charge in [0.15, 0.2) is 6.61 Å². The van der Waals surface area contributed by atoms with Crippen LogP contribution in [0, 0.1) is 13.8 Å². The van der Waals surface area contributed by atoms with Crippen molar-refractivity contribution in [2.75, 3.05) is 19.0 Å². The van der Waals surface area contributed by atoms with Crippen molar-refractivity contribution in [2.45, 2.75) is 20.4 Å². The van der Waals surface area contributed by atoms with Gasteiger partial charge in [-0.1, -0.05) is 6.07 Å². The SMILES string of the molecule is CNC(=O)Cn1cc(NC(=O)COc2ccc(C)c(C)c2)cn1. The molecule has 0 radical (unpaired) electrons. The number of amides is 2. The van der Waals surface area contributed by atoms with Crippen LogP contribution in [0.3, 0.4) is 0 Å². The van der Waals surface area contributed by atoms with E-state index in [1.165, 1.54) is 16.4 Å². The van der Waals surface area contributed by atoms with Gasteiger partial charge in [0, 0.05) is 13.2 Å². The molecule has 122 valence electrons. The van der Waals surface area contributed by atoms with E-state index in [2.05, 4.69) is 15.7 Å². The lowest BCUT2D eigenvalue weighted by molar-refractivity contribution is -0.121. The minimum absolute atomic E-state index is 0.0941. The van der Waals surface area contributed by atoms with Gasteiger partial charge in [-0.3, -0.25) is 14.3 Å². The maximum Gasteiger partial charge on any atom is 0.262 e. The second kappa shape index (κ2) is 7.44. The average Bonchev–Trinajstić information content (AvgIpc) is 2.95. The Kier molecular flexibility index (Phi) is 5.35. The lowest BCUT2D eigenvalue weighted by Crippen LogP contribution is -2.23. The average molecular weight is 316 g/mol. The van der Waals surface area contributed by atoms with Crippen LogP contribution < -0.4 is 15.4 Å². The first kappa shape index (κ1) is 16.5. The van der Waals surface area contributed by atoms with Crippen LogP contribution in [0.2, 0.25) is 0 Å². The highest BCUT2D eigenvalue weighted by atomic mass is 16.5. The second-order valence-corrected chi connectivity index (χ2v) is 5.18. The molecular weight excluding hydrogens is 296 g/mol. The summed E-state index contributed by atoms with van der Waals surface area (Å²) < 4.78 is 6.90. The third-order valence-electron chi connectivity index (χ3n) is 3.35. The van der Waals surface area contributed by atoms with E-state index in [9.17, 15) is 9.59 Å². The molecular formula is C16H20N4O3. The van der Waals surface area contributed by atoms with Gasteiger partial charge in [-0.2, -0.15) is 5.10 Å². The van der Waals surface area contributed by atoms with Gasteiger partial charge < -0.3 is 15.4 Å². The van der Waals surface area contributed by atoms with Gasteiger partial charge in [0.25, 0.3) is 5.91 Å². The highest BCUT2D eigenvalue weighted by Gasteiger charge is 2.07. The topological polar surface area (TPSA) is 85.2 Å². The first-order chi connectivity index (χ1) is 11.0. The van der Waals surface area contributed by atoms with Crippen molar-refractivity contribution in [1.82, 2.24) is 15.1 Å². The zero-order valence-corrected chi connectivity index (χ0v) is 13.4. The van der Waals surface area contributed by atoms with E-state index in [0.29, 0.717) is 11.4 Å². The molecule has 1 aromatic heterocycles. The molecule has 0 fully saturated rings. The van der Waals surface area contributed by atoms with Gasteiger partial charge in [0.1, 0.15) is 12.3 Å². The van der Waals surface area contributed by atoms with E-state index in [0.717, 1.165) is 5.56 Å². The lowest BCUT2D eigenvalue weighted by atomic mass is 10.1. The minimum Gasteiger partial charge on any atom is -0.484 e. The summed E-state index contributed by atoms with van der Waals surface area (Å²) in [4.78, 5) is 23.1. The number of aryl methyl sites for hydroxylation is 2. The number of ether oxygens (including phenoxy) is 1. The van der Waals surface area contributed by atoms with Gasteiger partial charge in [0.2, 0.25) is 5.91 Å². The van der Waals surface area contributed by atoms with Gasteiger partial charge in [-0.15, -0.1) is 0 Å². The predicted molar refractivity (Wildman–Crippen MR) is 86.3 cm³/mol. The maximum absolute atomic E-state index is 11.9. The fourth-order valence-electron chi connectivity index (χ4n) is 1.89. The summed E-state index contributed by atoms with van der Waals surface area (Å²) in [5, 5.41) is 9.17. The zero-order chi connectivity index (χ0) is 16.8. The van der Waals surface area contributed by atoms with Crippen molar-refractivity contribution in [3.8, 4) is 5.75 Å². The first-order valence-electron chi connectivity index (χ1n) is 7.21. The summed E-state index contributed by atoms with van der Waals surface area (Å²) in [6.45, 7) is 4.01. The molecule has 2 N–H and O–H groups in total. The Morgan fingerprint density at radius 2 is 2.00 bits per heavy atom. The molecule has 2 aromatic rings. The van der Waals surface area contributed by atoms with E-state index >= 15 is 0 Å². The van der Waals surface area contributed by atoms with Crippen molar-refractivity contribution < 1.29 is 14.3 Å². The lowest BCUT2D eigenvalue weighted by Gasteiger charge is -2.08. The molecule has 0 saturated carbocycles. The van der Waals surface area contributed by atoms with Gasteiger partial charge in [0.05, 0.1) is 11.9 Å². The number of anilines is 1. The fraction of sp³-hybridized carbons (Fsp3) is 0.312. The Morgan fingerprint density at radius 1 is 1.22 bits per heavy atom. The predicted octanol–water partition coefficient (Wildman–Crippen LogP) is 1.26. The van der Waals surface area contributed by atoms with Crippen LogP contribution in [0.25, 0.3) is 0 Å². The number of likely N-dealkylation sites (N-methyl/N-ethyl adjacent to an activating group) is 1. The molecule has 0 spiro atoms. The van der Waals surface area contributed by atoms with Gasteiger partial charge in [-0.05, 0) is 37.1 Å². The largest absolute Gasteiger partial charge is 0.484 e. The molecule has 0 aliphatic heterocycles. The number of nitrogens with zero attached hydrogens (tertiary/aromatic N) is 2. The monoisotopic (exact) mass is 316 g/mol. The number of aromatic nitrogens is 2. The molecule has 2 rings (SSSR count). The standard InChI is InChI=1S/C16H20N4O3/c1-11-4-5-14(6-12(11)2)23-10-16(22)19-13-7-18-20(8-13)9-15(21)17-3/h4-8H,9-10H2,1-3H3,(H,17,21)(H,19,22). The maximum atomic E-state index is 11.9. The summed E-state index contributed by atoms with van der Waals surface area (Å²) >= 11 is 0. The Bertz CT molecular complexity index is 709. The molecule has 0 aliphatic carbocycles. The van der Waals surface area contributed by atoms with Crippen molar-refractivity contribution in [2.24, 2.45) is 0 Å². The van der Waals surface area contributed by atoms with Crippen LogP contribution in [0.5, 0.6) is 5.75 Å². The van der Waals surface area contributed by atoms with E-state index < -0.39 is 0 Å². The molecule has 23 heavy (non-hydrogen) atoms. The smallest absolute Gasteiger partial charge is 0.262 e. The van der Waals surface area contributed by atoms with E-state index in [1.54, 1.807) is 13.2 Å². The van der Waals surface area contributed by atoms with Gasteiger partial charge >= 0.3 is 0 Å². The Hall–Kier alpha value is -2.83. The highest BCUT2D eigenvalue weighted by Crippen LogP contribution is 2.16. The third-order valence-corrected chi connectivity index (χ3v) is 3.35. The number of nitrogens with one attached hydrogen (secondary N) is 2. The number of benzene rings is 1. The first-order valence-corrected chi connectivity index (χ1v) is 7.21. The van der Waals surface area contributed by atoms with Crippen LogP contribution in [0.1, 0.15) is 11.1 Å². The van der Waals surface area contributed by atoms with Gasteiger partial charge in [-0.25, -0.2) is 0 Å². The molecule has 7 nitrogen and oxygen atoms in total. The highest BCUT2D eigenvalue weighted by molar-refractivity contribution is 5.91. The van der Waals surface area contributed by atoms with Crippen LogP contribution >= 0.6 is 0 Å². The second-order valence-electron chi connectivity index (χ2n) is 5.18. The Morgan fingerprint density at radius 3 is 2.70 bits per heavy atom. The van der Waals surface area contributed by atoms with Crippen molar-refractivity contribution >= 4 is 17.5 Å². The number of hydrogen-bond donors (Lipinski definition) is 2. The Balaban J connectivity index is 1.85. The quantitative estimate of drug-likeness (QED) is 0.840. The molecule has 0 unspecified atom stereocenters. The minimum atomic E-state index is -0.289.